The number of benzene rings is 1. The molecule has 3 rings (SSSR count). The molecule has 19 heavy (non-hydrogen) atoms. The van der Waals surface area contributed by atoms with Gasteiger partial charge in [0.1, 0.15) is 0 Å². The van der Waals surface area contributed by atoms with E-state index in [4.69, 9.17) is 0 Å². The fraction of sp³-hybridized carbons (Fsp3) is 0.143. The number of aromatic nitrogens is 2. The second kappa shape index (κ2) is 4.61. The first-order valence-corrected chi connectivity index (χ1v) is 6.09. The van der Waals surface area contributed by atoms with Crippen molar-refractivity contribution in [1.82, 2.24) is 20.4 Å². The number of urea groups is 1. The Kier molecular flexibility index (Phi) is 2.79. The minimum Gasteiger partial charge on any atom is -0.332 e. The summed E-state index contributed by atoms with van der Waals surface area (Å²) in [6.07, 6.45) is 3.87. The second-order valence-electron chi connectivity index (χ2n) is 4.45. The Labute approximate surface area is 110 Å². The van der Waals surface area contributed by atoms with Crippen LogP contribution in [0.4, 0.5) is 4.79 Å². The highest BCUT2D eigenvalue weighted by molar-refractivity contribution is 5.81. The maximum absolute atomic E-state index is 11.1. The first-order chi connectivity index (χ1) is 9.22. The fourth-order valence-electron chi connectivity index (χ4n) is 1.99. The highest BCUT2D eigenvalue weighted by Crippen LogP contribution is 2.14. The van der Waals surface area contributed by atoms with Gasteiger partial charge in [-0.05, 0) is 30.7 Å². The molecule has 0 radical (unpaired) electrons. The molecular formula is C14H14N4O. The van der Waals surface area contributed by atoms with Crippen LogP contribution in [-0.4, -0.2) is 22.4 Å². The minimum absolute atomic E-state index is 0.161. The molecule has 0 spiro atoms. The molecule has 0 unspecified atom stereocenters. The average molecular weight is 254 g/mol. The summed E-state index contributed by atoms with van der Waals surface area (Å²) < 4.78 is 1.84. The maximum atomic E-state index is 11.1. The SMILES string of the molecule is Cc1cn(-c2ccccc2)nc1/C=C1/CNC(=O)N1. The van der Waals surface area contributed by atoms with Crippen molar-refractivity contribution >= 4 is 12.1 Å². The van der Waals surface area contributed by atoms with E-state index in [-0.39, 0.29) is 6.03 Å². The molecule has 2 N–H and O–H groups in total. The van der Waals surface area contributed by atoms with Crippen molar-refractivity contribution in [2.24, 2.45) is 0 Å². The second-order valence-corrected chi connectivity index (χ2v) is 4.45. The van der Waals surface area contributed by atoms with Gasteiger partial charge in [0, 0.05) is 11.9 Å². The fourth-order valence-corrected chi connectivity index (χ4v) is 1.99. The van der Waals surface area contributed by atoms with Crippen LogP contribution in [0.15, 0.2) is 42.2 Å². The van der Waals surface area contributed by atoms with Crippen LogP contribution in [0.1, 0.15) is 11.3 Å². The number of hydrogen-bond acceptors (Lipinski definition) is 2. The van der Waals surface area contributed by atoms with Crippen LogP contribution in [0.3, 0.4) is 0 Å². The van der Waals surface area contributed by atoms with E-state index in [1.165, 1.54) is 0 Å². The normalized spacial score (nSPS) is 16.5. The van der Waals surface area contributed by atoms with Crippen molar-refractivity contribution in [1.29, 1.82) is 0 Å². The van der Waals surface area contributed by atoms with Crippen LogP contribution in [0, 0.1) is 6.92 Å². The van der Waals surface area contributed by atoms with Crippen molar-refractivity contribution in [3.8, 4) is 5.69 Å². The minimum atomic E-state index is -0.161. The summed E-state index contributed by atoms with van der Waals surface area (Å²) in [4.78, 5) is 11.1. The van der Waals surface area contributed by atoms with E-state index < -0.39 is 0 Å². The Morgan fingerprint density at radius 2 is 2.11 bits per heavy atom. The van der Waals surface area contributed by atoms with Crippen LogP contribution < -0.4 is 10.6 Å². The molecule has 0 atom stereocenters. The summed E-state index contributed by atoms with van der Waals surface area (Å²) in [5.41, 5.74) is 3.79. The lowest BCUT2D eigenvalue weighted by Gasteiger charge is -1.99. The summed E-state index contributed by atoms with van der Waals surface area (Å²) in [5.74, 6) is 0. The van der Waals surface area contributed by atoms with Crippen LogP contribution in [0.5, 0.6) is 0 Å². The Hall–Kier alpha value is -2.56. The van der Waals surface area contributed by atoms with Crippen molar-refractivity contribution in [3.63, 3.8) is 0 Å². The molecule has 2 heterocycles. The molecule has 1 aliphatic heterocycles. The molecule has 1 aromatic carbocycles. The van der Waals surface area contributed by atoms with E-state index in [9.17, 15) is 4.79 Å². The van der Waals surface area contributed by atoms with Crippen LogP contribution in [-0.2, 0) is 0 Å². The molecule has 1 saturated heterocycles. The van der Waals surface area contributed by atoms with E-state index in [1.54, 1.807) is 0 Å². The first-order valence-electron chi connectivity index (χ1n) is 6.09. The largest absolute Gasteiger partial charge is 0.332 e. The van der Waals surface area contributed by atoms with Gasteiger partial charge in [0.05, 0.1) is 17.9 Å². The average Bonchev–Trinajstić information content (AvgIpc) is 2.98. The topological polar surface area (TPSA) is 59.0 Å². The summed E-state index contributed by atoms with van der Waals surface area (Å²) in [5, 5.41) is 9.97. The van der Waals surface area contributed by atoms with Gasteiger partial charge in [0.25, 0.3) is 0 Å². The standard InChI is InChI=1S/C14H14N4O/c1-10-9-18(12-5-3-2-4-6-12)17-13(10)7-11-8-15-14(19)16-11/h2-7,9H,8H2,1H3,(H2,15,16,19)/b11-7-. The predicted octanol–water partition coefficient (Wildman–Crippen LogP) is 1.83. The third-order valence-corrected chi connectivity index (χ3v) is 2.98. The Morgan fingerprint density at radius 1 is 1.32 bits per heavy atom. The van der Waals surface area contributed by atoms with Gasteiger partial charge in [0.2, 0.25) is 0 Å². The van der Waals surface area contributed by atoms with Crippen LogP contribution >= 0.6 is 0 Å². The number of rotatable bonds is 2. The molecule has 0 saturated carbocycles. The van der Waals surface area contributed by atoms with E-state index in [0.717, 1.165) is 22.6 Å². The number of carbonyl (C=O) groups excluding carboxylic acids is 1. The van der Waals surface area contributed by atoms with Gasteiger partial charge in [-0.25, -0.2) is 9.48 Å². The van der Waals surface area contributed by atoms with Crippen molar-refractivity contribution in [2.75, 3.05) is 6.54 Å². The van der Waals surface area contributed by atoms with E-state index in [2.05, 4.69) is 15.7 Å². The molecule has 0 aliphatic carbocycles. The highest BCUT2D eigenvalue weighted by Gasteiger charge is 2.14. The molecule has 5 nitrogen and oxygen atoms in total. The lowest BCUT2D eigenvalue weighted by molar-refractivity contribution is 0.249. The molecule has 2 amide bonds. The third-order valence-electron chi connectivity index (χ3n) is 2.98. The first kappa shape index (κ1) is 11.5. The molecule has 96 valence electrons. The van der Waals surface area contributed by atoms with Gasteiger partial charge in [0.15, 0.2) is 0 Å². The van der Waals surface area contributed by atoms with Gasteiger partial charge < -0.3 is 10.6 Å². The molecule has 0 bridgehead atoms. The maximum Gasteiger partial charge on any atom is 0.319 e. The Balaban J connectivity index is 1.92. The van der Waals surface area contributed by atoms with Gasteiger partial charge in [-0.1, -0.05) is 18.2 Å². The van der Waals surface area contributed by atoms with Gasteiger partial charge in [-0.2, -0.15) is 5.10 Å². The number of hydrogen-bond donors (Lipinski definition) is 2. The zero-order valence-corrected chi connectivity index (χ0v) is 10.6. The van der Waals surface area contributed by atoms with Gasteiger partial charge in [-0.3, -0.25) is 0 Å². The molecule has 1 aromatic heterocycles. The number of carbonyl (C=O) groups is 1. The van der Waals surface area contributed by atoms with Gasteiger partial charge >= 0.3 is 6.03 Å². The number of nitrogens with one attached hydrogen (secondary N) is 2. The number of amides is 2. The Bertz CT molecular complexity index is 643. The quantitative estimate of drug-likeness (QED) is 0.859. The van der Waals surface area contributed by atoms with Crippen LogP contribution in [0.25, 0.3) is 11.8 Å². The Morgan fingerprint density at radius 3 is 2.79 bits per heavy atom. The number of aryl methyl sites for hydroxylation is 1. The zero-order chi connectivity index (χ0) is 13.2. The molecular weight excluding hydrogens is 240 g/mol. The summed E-state index contributed by atoms with van der Waals surface area (Å²) in [6.45, 7) is 2.53. The van der Waals surface area contributed by atoms with Crippen LogP contribution in [0.2, 0.25) is 0 Å². The zero-order valence-electron chi connectivity index (χ0n) is 10.6. The highest BCUT2D eigenvalue weighted by atomic mass is 16.2. The van der Waals surface area contributed by atoms with E-state index in [0.29, 0.717) is 6.54 Å². The lowest BCUT2D eigenvalue weighted by Crippen LogP contribution is -2.19. The van der Waals surface area contributed by atoms with Gasteiger partial charge in [-0.15, -0.1) is 0 Å². The summed E-state index contributed by atoms with van der Waals surface area (Å²) in [7, 11) is 0. The lowest BCUT2D eigenvalue weighted by atomic mass is 10.2. The van der Waals surface area contributed by atoms with Crippen molar-refractivity contribution in [3.05, 3.63) is 53.5 Å². The molecule has 2 aromatic rings. The monoisotopic (exact) mass is 254 g/mol. The number of para-hydroxylation sites is 1. The molecule has 1 aliphatic rings. The smallest absolute Gasteiger partial charge is 0.319 e. The number of nitrogens with zero attached hydrogens (tertiary/aromatic N) is 2. The summed E-state index contributed by atoms with van der Waals surface area (Å²) >= 11 is 0. The third kappa shape index (κ3) is 2.35. The predicted molar refractivity (Wildman–Crippen MR) is 72.8 cm³/mol. The van der Waals surface area contributed by atoms with Crippen molar-refractivity contribution in [2.45, 2.75) is 6.92 Å². The summed E-state index contributed by atoms with van der Waals surface area (Å²) in [6, 6.07) is 9.77. The molecule has 5 heteroatoms. The molecule has 1 fully saturated rings. The van der Waals surface area contributed by atoms with Crippen molar-refractivity contribution < 1.29 is 4.79 Å². The van der Waals surface area contributed by atoms with E-state index in [1.807, 2.05) is 54.2 Å². The van der Waals surface area contributed by atoms with E-state index >= 15 is 0 Å².